The van der Waals surface area contributed by atoms with Crippen LogP contribution in [0.1, 0.15) is 0 Å². The average Bonchev–Trinajstić information content (AvgIpc) is 0.918. The Balaban J connectivity index is 0. The van der Waals surface area contributed by atoms with E-state index in [1.165, 1.54) is 0 Å². The molecule has 0 saturated carbocycles. The van der Waals surface area contributed by atoms with Crippen LogP contribution in [-0.2, 0) is 48.5 Å². The van der Waals surface area contributed by atoms with Gasteiger partial charge in [-0.1, -0.05) is 0 Å². The van der Waals surface area contributed by atoms with Crippen LogP contribution < -0.4 is 0 Å². The zero-order chi connectivity index (χ0) is 2.71. The van der Waals surface area contributed by atoms with E-state index in [9.17, 15) is 0 Å². The van der Waals surface area contributed by atoms with E-state index < -0.39 is 0 Å². The third-order valence-corrected chi connectivity index (χ3v) is 0. The summed E-state index contributed by atoms with van der Waals surface area (Å²) >= 11 is 0.483. The van der Waals surface area contributed by atoms with Gasteiger partial charge in [-0.3, -0.25) is 0 Å². The van der Waals surface area contributed by atoms with Gasteiger partial charge in [0, 0.05) is 0 Å². The average molecular weight is 332 g/mol. The molecule has 0 aliphatic carbocycles. The molecule has 0 fully saturated rings. The first-order chi connectivity index (χ1) is 1.41. The van der Waals surface area contributed by atoms with Crippen LogP contribution in [0.15, 0.2) is 0 Å². The molecule has 0 rings (SSSR count). The van der Waals surface area contributed by atoms with E-state index in [1.54, 1.807) is 0 Å². The molecule has 0 aromatic heterocycles. The minimum atomic E-state index is 0. The van der Waals surface area contributed by atoms with Crippen LogP contribution >= 0.6 is 0 Å². The van der Waals surface area contributed by atoms with Crippen LogP contribution in [0, 0.1) is 9.85 Å². The second-order valence-electron chi connectivity index (χ2n) is 0.177. The minimum absolute atomic E-state index is 0. The van der Waals surface area contributed by atoms with Gasteiger partial charge in [-0.05, 0) is 0 Å². The molecule has 0 saturated heterocycles. The fraction of sp³-hybridized carbons (Fsp3) is 0. The maximum atomic E-state index is 6.04. The summed E-state index contributed by atoms with van der Waals surface area (Å²) in [6.45, 7) is 0. The van der Waals surface area contributed by atoms with Crippen molar-refractivity contribution in [2.75, 3.05) is 0 Å². The molecule has 0 aliphatic rings. The van der Waals surface area contributed by atoms with Gasteiger partial charge in [0.25, 0.3) is 0 Å². The standard InChI is InChI=1S/C2.Ag.Hg/c1-2;;/q-1;+1;. The Morgan fingerprint density at radius 1 is 1.75 bits per heavy atom. The van der Waals surface area contributed by atoms with Gasteiger partial charge >= 0.3 is 58.4 Å². The number of hydrogen-bond donors (Lipinski definition) is 0. The maximum absolute atomic E-state index is 6.04. The van der Waals surface area contributed by atoms with Gasteiger partial charge in [0.05, 0.1) is 0 Å². The van der Waals surface area contributed by atoms with Crippen molar-refractivity contribution in [3.05, 3.63) is 6.42 Å². The third kappa shape index (κ3) is 10.6. The molecule has 0 unspecified atom stereocenters. The van der Waals surface area contributed by atoms with Crippen molar-refractivity contribution in [2.45, 2.75) is 0 Å². The molecule has 0 heterocycles. The van der Waals surface area contributed by atoms with Crippen LogP contribution in [0.2, 0.25) is 0 Å². The van der Waals surface area contributed by atoms with Crippen molar-refractivity contribution >= 4 is 0 Å². The molecule has 0 nitrogen and oxygen atoms in total. The van der Waals surface area contributed by atoms with Crippen LogP contribution in [0.5, 0.6) is 0 Å². The Morgan fingerprint density at radius 3 is 1.75 bits per heavy atom. The first kappa shape index (κ1) is 8.97. The van der Waals surface area contributed by atoms with E-state index in [-0.39, 0.29) is 22.4 Å². The molecular weight excluding hydrogens is 332 g/mol. The van der Waals surface area contributed by atoms with Crippen LogP contribution in [0.4, 0.5) is 0 Å². The molecule has 0 bridgehead atoms. The van der Waals surface area contributed by atoms with Gasteiger partial charge in [-0.25, -0.2) is 0 Å². The van der Waals surface area contributed by atoms with Crippen LogP contribution in [0.25, 0.3) is 0 Å². The van der Waals surface area contributed by atoms with Crippen LogP contribution in [0.3, 0.4) is 0 Å². The Morgan fingerprint density at radius 2 is 1.75 bits per heavy atom. The van der Waals surface area contributed by atoms with Gasteiger partial charge in [0.15, 0.2) is 0 Å². The van der Waals surface area contributed by atoms with E-state index in [1.807, 2.05) is 0 Å². The number of hydrogen-bond acceptors (Lipinski definition) is 0. The Kier molecular flexibility index (Phi) is 19.9. The van der Waals surface area contributed by atoms with Crippen molar-refractivity contribution in [1.29, 1.82) is 0 Å². The zero-order valence-corrected chi connectivity index (χ0v) is 8.99. The van der Waals surface area contributed by atoms with E-state index in [4.69, 9.17) is 6.42 Å². The molecule has 0 N–H and O–H groups in total. The van der Waals surface area contributed by atoms with Crippen molar-refractivity contribution in [2.24, 2.45) is 0 Å². The van der Waals surface area contributed by atoms with Crippen molar-refractivity contribution < 1.29 is 48.5 Å². The van der Waals surface area contributed by atoms with E-state index >= 15 is 0 Å². The predicted octanol–water partition coefficient (Wildman–Crippen LogP) is 0.0780. The summed E-state index contributed by atoms with van der Waals surface area (Å²) in [5.74, 6) is 0. The molecule has 4 heavy (non-hydrogen) atoms. The number of rotatable bonds is 0. The summed E-state index contributed by atoms with van der Waals surface area (Å²) in [7, 11) is 0. The molecular formula is C2AgHg. The topological polar surface area (TPSA) is 0 Å². The van der Waals surface area contributed by atoms with E-state index in [0.29, 0.717) is 26.1 Å². The molecule has 0 amide bonds. The monoisotopic (exact) mass is 333 g/mol. The van der Waals surface area contributed by atoms with Gasteiger partial charge in [0.2, 0.25) is 0 Å². The molecule has 0 aromatic carbocycles. The fourth-order valence-electron chi connectivity index (χ4n) is 0. The summed E-state index contributed by atoms with van der Waals surface area (Å²) in [5.41, 5.74) is 0. The van der Waals surface area contributed by atoms with Crippen molar-refractivity contribution in [3.63, 3.8) is 0 Å². The molecule has 0 atom stereocenters. The summed E-state index contributed by atoms with van der Waals surface area (Å²) in [6, 6.07) is 0. The zero-order valence-electron chi connectivity index (χ0n) is 2.01. The SMILES string of the molecule is [Ag+].[C-]#[C][Hg]. The third-order valence-electron chi connectivity index (χ3n) is 0. The fourth-order valence-corrected chi connectivity index (χ4v) is 0. The Hall–Kier alpha value is 1.24. The summed E-state index contributed by atoms with van der Waals surface area (Å²) in [4.78, 5) is 0. The molecule has 21 valence electrons. The second kappa shape index (κ2) is 8.87. The van der Waals surface area contributed by atoms with E-state index in [0.717, 1.165) is 0 Å². The van der Waals surface area contributed by atoms with Gasteiger partial charge < -0.3 is 0 Å². The van der Waals surface area contributed by atoms with Crippen LogP contribution in [-0.4, -0.2) is 0 Å². The second-order valence-corrected chi connectivity index (χ2v) is 1.55. The molecule has 0 spiro atoms. The molecule has 0 aromatic rings. The predicted molar refractivity (Wildman–Crippen MR) is 7.13 cm³/mol. The molecule has 2 heteroatoms. The quantitative estimate of drug-likeness (QED) is 0.335. The van der Waals surface area contributed by atoms with Gasteiger partial charge in [-0.15, -0.1) is 0 Å². The van der Waals surface area contributed by atoms with Gasteiger partial charge in [-0.2, -0.15) is 0 Å². The Bertz CT molecular complexity index is 27.5. The molecule has 0 radical (unpaired) electrons. The normalized spacial score (nSPS) is 2.25. The van der Waals surface area contributed by atoms with Gasteiger partial charge in [0.1, 0.15) is 0 Å². The summed E-state index contributed by atoms with van der Waals surface area (Å²) in [5, 5.41) is 0. The summed E-state index contributed by atoms with van der Waals surface area (Å²) in [6.07, 6.45) is 6.04. The molecule has 0 aliphatic heterocycles. The first-order valence-corrected chi connectivity index (χ1v) is 3.35. The summed E-state index contributed by atoms with van der Waals surface area (Å²) < 4.78 is 2.19. The Labute approximate surface area is 57.8 Å². The van der Waals surface area contributed by atoms with Crippen molar-refractivity contribution in [1.82, 2.24) is 0 Å². The van der Waals surface area contributed by atoms with E-state index in [2.05, 4.69) is 3.43 Å². The van der Waals surface area contributed by atoms with Crippen molar-refractivity contribution in [3.8, 4) is 3.43 Å². The first-order valence-electron chi connectivity index (χ1n) is 0.604.